The maximum absolute atomic E-state index is 8.95. The van der Waals surface area contributed by atoms with Crippen molar-refractivity contribution in [1.29, 1.82) is 0 Å². The summed E-state index contributed by atoms with van der Waals surface area (Å²) in [5, 5.41) is 52.6. The van der Waals surface area contributed by atoms with Crippen molar-refractivity contribution in [2.45, 2.75) is 105 Å². The normalized spacial score (nSPS) is 14.0. The summed E-state index contributed by atoms with van der Waals surface area (Å²) < 4.78 is 0. The van der Waals surface area contributed by atoms with Crippen LogP contribution < -0.4 is 0 Å². The molecule has 2 fully saturated rings. The summed E-state index contributed by atoms with van der Waals surface area (Å²) in [5.41, 5.74) is 9.24. The van der Waals surface area contributed by atoms with Crippen molar-refractivity contribution in [2.75, 3.05) is 53.5 Å². The smallest absolute Gasteiger partial charge is 0.0684 e. The SMILES string of the molecule is CCCc1cccc(CO)c1.CCCc1ccccc1CO.CCc1cccc(CO)c1.CCc1ccccc1CO.CN1CC(CO)C1.CN1CCC(CO)CC1. The summed E-state index contributed by atoms with van der Waals surface area (Å²) in [7, 11) is 4.19. The minimum Gasteiger partial charge on any atom is -0.396 e. The van der Waals surface area contributed by atoms with Gasteiger partial charge in [0.25, 0.3) is 0 Å². The summed E-state index contributed by atoms with van der Waals surface area (Å²) >= 11 is 0. The first kappa shape index (κ1) is 52.6. The number of aliphatic hydroxyl groups excluding tert-OH is 6. The topological polar surface area (TPSA) is 128 Å². The Balaban J connectivity index is 0.000000350. The van der Waals surface area contributed by atoms with E-state index in [-0.39, 0.29) is 26.4 Å². The van der Waals surface area contributed by atoms with Gasteiger partial charge in [0.15, 0.2) is 0 Å². The highest BCUT2D eigenvalue weighted by Crippen LogP contribution is 2.15. The van der Waals surface area contributed by atoms with Gasteiger partial charge in [0.1, 0.15) is 0 Å². The number of hydrogen-bond acceptors (Lipinski definition) is 8. The molecule has 8 heteroatoms. The fraction of sp³-hybridized carbons (Fsp3) is 0.520. The lowest BCUT2D eigenvalue weighted by atomic mass is 9.98. The van der Waals surface area contributed by atoms with Gasteiger partial charge in [0.05, 0.1) is 26.4 Å². The molecule has 0 radical (unpaired) electrons. The van der Waals surface area contributed by atoms with Crippen molar-refractivity contribution >= 4 is 0 Å². The van der Waals surface area contributed by atoms with Gasteiger partial charge in [0, 0.05) is 32.2 Å². The van der Waals surface area contributed by atoms with E-state index >= 15 is 0 Å². The van der Waals surface area contributed by atoms with Gasteiger partial charge in [-0.05, 0) is 116 Å². The van der Waals surface area contributed by atoms with E-state index in [0.717, 1.165) is 87.0 Å². The highest BCUT2D eigenvalue weighted by Gasteiger charge is 2.21. The van der Waals surface area contributed by atoms with Crippen LogP contribution in [0.25, 0.3) is 0 Å². The molecule has 58 heavy (non-hydrogen) atoms. The van der Waals surface area contributed by atoms with Gasteiger partial charge in [-0.1, -0.05) is 138 Å². The number of aliphatic hydroxyl groups is 6. The number of aryl methyl sites for hydroxylation is 4. The van der Waals surface area contributed by atoms with Gasteiger partial charge in [0.2, 0.25) is 0 Å². The van der Waals surface area contributed by atoms with E-state index < -0.39 is 0 Å². The molecule has 4 aromatic rings. The van der Waals surface area contributed by atoms with Crippen LogP contribution in [0, 0.1) is 11.8 Å². The monoisotopic (exact) mass is 803 g/mol. The molecule has 0 saturated carbocycles. The molecule has 2 saturated heterocycles. The average Bonchev–Trinajstić information content (AvgIpc) is 3.27. The first-order valence-electron chi connectivity index (χ1n) is 21.5. The lowest BCUT2D eigenvalue weighted by molar-refractivity contribution is 0.0760. The third-order valence-corrected chi connectivity index (χ3v) is 10.3. The fourth-order valence-electron chi connectivity index (χ4n) is 6.59. The Bertz CT molecular complexity index is 1530. The predicted molar refractivity (Wildman–Crippen MR) is 242 cm³/mol. The average molecular weight is 803 g/mol. The molecule has 0 unspecified atom stereocenters. The minimum atomic E-state index is 0.147. The van der Waals surface area contributed by atoms with Crippen molar-refractivity contribution in [2.24, 2.45) is 11.8 Å². The number of piperidine rings is 1. The molecule has 0 spiro atoms. The van der Waals surface area contributed by atoms with Crippen molar-refractivity contribution in [3.63, 3.8) is 0 Å². The Morgan fingerprint density at radius 3 is 1.29 bits per heavy atom. The Morgan fingerprint density at radius 2 is 0.897 bits per heavy atom. The molecule has 324 valence electrons. The molecular weight excluding hydrogens is 725 g/mol. The second kappa shape index (κ2) is 33.4. The van der Waals surface area contributed by atoms with Gasteiger partial charge < -0.3 is 40.4 Å². The summed E-state index contributed by atoms with van der Waals surface area (Å²) in [6.07, 6.45) is 8.85. The van der Waals surface area contributed by atoms with Gasteiger partial charge >= 0.3 is 0 Å². The summed E-state index contributed by atoms with van der Waals surface area (Å²) in [6.45, 7) is 14.3. The number of hydrogen-bond donors (Lipinski definition) is 6. The number of rotatable bonds is 12. The molecule has 0 amide bonds. The van der Waals surface area contributed by atoms with Crippen LogP contribution in [0.15, 0.2) is 97.1 Å². The zero-order valence-electron chi connectivity index (χ0n) is 36.7. The highest BCUT2D eigenvalue weighted by molar-refractivity contribution is 5.27. The zero-order chi connectivity index (χ0) is 43.0. The second-order valence-electron chi connectivity index (χ2n) is 15.2. The van der Waals surface area contributed by atoms with E-state index in [9.17, 15) is 0 Å². The first-order chi connectivity index (χ1) is 28.1. The van der Waals surface area contributed by atoms with Crippen LogP contribution in [0.3, 0.4) is 0 Å². The molecule has 6 N–H and O–H groups in total. The lowest BCUT2D eigenvalue weighted by Crippen LogP contribution is -2.45. The molecule has 4 aromatic carbocycles. The quantitative estimate of drug-likeness (QED) is 0.0865. The molecule has 6 rings (SSSR count). The van der Waals surface area contributed by atoms with Crippen molar-refractivity contribution in [1.82, 2.24) is 9.80 Å². The molecule has 2 heterocycles. The summed E-state index contributed by atoms with van der Waals surface area (Å²) in [6, 6.07) is 32.1. The van der Waals surface area contributed by atoms with Crippen molar-refractivity contribution in [3.05, 3.63) is 142 Å². The maximum atomic E-state index is 8.95. The fourth-order valence-corrected chi connectivity index (χ4v) is 6.59. The van der Waals surface area contributed by atoms with Crippen LogP contribution in [0.4, 0.5) is 0 Å². The lowest BCUT2D eigenvalue weighted by Gasteiger charge is -2.34. The van der Waals surface area contributed by atoms with Gasteiger partial charge in [-0.2, -0.15) is 0 Å². The summed E-state index contributed by atoms with van der Waals surface area (Å²) in [5.74, 6) is 1.16. The third kappa shape index (κ3) is 22.6. The molecule has 2 aliphatic heterocycles. The predicted octanol–water partition coefficient (Wildman–Crippen LogP) is 7.61. The Kier molecular flexibility index (Phi) is 30.3. The molecule has 0 bridgehead atoms. The molecule has 8 nitrogen and oxygen atoms in total. The standard InChI is InChI=1S/2C10H14O.2C9H12O.C7H15NO.C5H11NO/c1-2-5-9-6-3-4-7-10(9)8-11;1-2-4-9-5-3-6-10(7-9)8-11;1-2-8-4-3-5-9(6-8)7-10;1-2-8-5-3-4-6-9(8)7-10;1-8-4-2-7(6-9)3-5-8;1-6-2-5(3-6)4-7/h3-4,6-7,11H,2,5,8H2,1H3;3,5-7,11H,2,4,8H2,1H3;2*3-6,10H,2,7H2,1H3;7,9H,2-6H2,1H3;5,7H,2-4H2,1H3. The largest absolute Gasteiger partial charge is 0.396 e. The van der Waals surface area contributed by atoms with Gasteiger partial charge in [-0.25, -0.2) is 0 Å². The Labute approximate surface area is 351 Å². The van der Waals surface area contributed by atoms with Crippen LogP contribution >= 0.6 is 0 Å². The van der Waals surface area contributed by atoms with Crippen LogP contribution in [-0.4, -0.2) is 93.9 Å². The molecule has 2 aliphatic rings. The van der Waals surface area contributed by atoms with Gasteiger partial charge in [-0.3, -0.25) is 0 Å². The highest BCUT2D eigenvalue weighted by atomic mass is 16.3. The van der Waals surface area contributed by atoms with Crippen LogP contribution in [-0.2, 0) is 52.1 Å². The van der Waals surface area contributed by atoms with E-state index in [4.69, 9.17) is 30.6 Å². The van der Waals surface area contributed by atoms with Crippen LogP contribution in [0.1, 0.15) is 97.9 Å². The minimum absolute atomic E-state index is 0.147. The molecule has 0 aromatic heterocycles. The molecule has 0 aliphatic carbocycles. The number of nitrogens with zero attached hydrogens (tertiary/aromatic N) is 2. The third-order valence-electron chi connectivity index (χ3n) is 10.3. The van der Waals surface area contributed by atoms with Crippen LogP contribution in [0.2, 0.25) is 0 Å². The molecular formula is C50H78N2O6. The first-order valence-corrected chi connectivity index (χ1v) is 21.5. The number of benzene rings is 4. The van der Waals surface area contributed by atoms with E-state index in [1.54, 1.807) is 0 Å². The van der Waals surface area contributed by atoms with Gasteiger partial charge in [-0.15, -0.1) is 0 Å². The van der Waals surface area contributed by atoms with E-state index in [1.807, 2.05) is 72.8 Å². The Hall–Kier alpha value is -3.44. The maximum Gasteiger partial charge on any atom is 0.0684 e. The second-order valence-corrected chi connectivity index (χ2v) is 15.2. The van der Waals surface area contributed by atoms with Crippen molar-refractivity contribution < 1.29 is 30.6 Å². The van der Waals surface area contributed by atoms with Crippen LogP contribution in [0.5, 0.6) is 0 Å². The van der Waals surface area contributed by atoms with E-state index in [2.05, 4.69) is 75.9 Å². The molecule has 0 atom stereocenters. The summed E-state index contributed by atoms with van der Waals surface area (Å²) in [4.78, 5) is 4.51. The number of likely N-dealkylation sites (tertiary alicyclic amines) is 2. The van der Waals surface area contributed by atoms with E-state index in [0.29, 0.717) is 25.0 Å². The van der Waals surface area contributed by atoms with Crippen molar-refractivity contribution in [3.8, 4) is 0 Å². The Morgan fingerprint density at radius 1 is 0.448 bits per heavy atom. The zero-order valence-corrected chi connectivity index (χ0v) is 36.7. The van der Waals surface area contributed by atoms with E-state index in [1.165, 1.54) is 35.1 Å².